The Morgan fingerprint density at radius 1 is 1.17 bits per heavy atom. The Morgan fingerprint density at radius 2 is 1.96 bits per heavy atom. The van der Waals surface area contributed by atoms with Crippen LogP contribution in [-0.2, 0) is 11.3 Å². The number of anilines is 1. The number of rotatable bonds is 3. The van der Waals surface area contributed by atoms with Crippen LogP contribution >= 0.6 is 23.2 Å². The van der Waals surface area contributed by atoms with Gasteiger partial charge in [-0.1, -0.05) is 35.3 Å². The second-order valence-electron chi connectivity index (χ2n) is 4.84. The molecule has 116 valence electrons. The standard InChI is InChI=1S/C16H11Cl2N3O2/c17-10-5-6-11(18)13(7-10)20-15(22)9-21-14-4-2-1-3-12(14)19-8-16(21)23/h1-8H,9H2,(H,20,22). The molecule has 0 aliphatic carbocycles. The molecule has 23 heavy (non-hydrogen) atoms. The average molecular weight is 348 g/mol. The molecular weight excluding hydrogens is 337 g/mol. The molecule has 0 aliphatic rings. The van der Waals surface area contributed by atoms with Crippen molar-refractivity contribution in [1.82, 2.24) is 9.55 Å². The topological polar surface area (TPSA) is 64.0 Å². The lowest BCUT2D eigenvalue weighted by Crippen LogP contribution is -2.28. The first-order valence-corrected chi connectivity index (χ1v) is 7.50. The molecule has 0 radical (unpaired) electrons. The highest BCUT2D eigenvalue weighted by Gasteiger charge is 2.11. The number of para-hydroxylation sites is 2. The molecule has 0 fully saturated rings. The summed E-state index contributed by atoms with van der Waals surface area (Å²) in [5, 5.41) is 3.48. The van der Waals surface area contributed by atoms with E-state index in [1.54, 1.807) is 36.4 Å². The fraction of sp³-hybridized carbons (Fsp3) is 0.0625. The summed E-state index contributed by atoms with van der Waals surface area (Å²) in [5.41, 5.74) is 1.28. The van der Waals surface area contributed by atoms with Crippen LogP contribution in [0.4, 0.5) is 5.69 Å². The van der Waals surface area contributed by atoms with Crippen LogP contribution in [0, 0.1) is 0 Å². The maximum Gasteiger partial charge on any atom is 0.269 e. The van der Waals surface area contributed by atoms with Gasteiger partial charge in [-0.15, -0.1) is 0 Å². The quantitative estimate of drug-likeness (QED) is 0.790. The Morgan fingerprint density at radius 3 is 2.78 bits per heavy atom. The van der Waals surface area contributed by atoms with Crippen LogP contribution in [0.2, 0.25) is 10.0 Å². The van der Waals surface area contributed by atoms with Crippen molar-refractivity contribution in [2.75, 3.05) is 5.32 Å². The van der Waals surface area contributed by atoms with Gasteiger partial charge in [-0.05, 0) is 30.3 Å². The number of aromatic nitrogens is 2. The zero-order chi connectivity index (χ0) is 16.4. The molecule has 0 unspecified atom stereocenters. The van der Waals surface area contributed by atoms with Crippen molar-refractivity contribution in [1.29, 1.82) is 0 Å². The second kappa shape index (κ2) is 6.40. The average Bonchev–Trinajstić information content (AvgIpc) is 2.54. The van der Waals surface area contributed by atoms with Gasteiger partial charge in [0, 0.05) is 5.02 Å². The van der Waals surface area contributed by atoms with Gasteiger partial charge in [0.1, 0.15) is 6.54 Å². The normalized spacial score (nSPS) is 10.7. The minimum Gasteiger partial charge on any atom is -0.323 e. The van der Waals surface area contributed by atoms with Crippen molar-refractivity contribution in [3.8, 4) is 0 Å². The number of nitrogens with one attached hydrogen (secondary N) is 1. The summed E-state index contributed by atoms with van der Waals surface area (Å²) in [6.45, 7) is -0.148. The number of hydrogen-bond donors (Lipinski definition) is 1. The molecule has 1 aromatic heterocycles. The summed E-state index contributed by atoms with van der Waals surface area (Å²) in [7, 11) is 0. The van der Waals surface area contributed by atoms with Crippen LogP contribution < -0.4 is 10.9 Å². The summed E-state index contributed by atoms with van der Waals surface area (Å²) in [6.07, 6.45) is 1.20. The Labute approximate surface area is 141 Å². The van der Waals surface area contributed by atoms with E-state index in [0.29, 0.717) is 26.8 Å². The highest BCUT2D eigenvalue weighted by atomic mass is 35.5. The summed E-state index contributed by atoms with van der Waals surface area (Å²) >= 11 is 11.9. The smallest absolute Gasteiger partial charge is 0.269 e. The molecular formula is C16H11Cl2N3O2. The van der Waals surface area contributed by atoms with Gasteiger partial charge in [0.05, 0.1) is 27.9 Å². The minimum absolute atomic E-state index is 0.148. The van der Waals surface area contributed by atoms with E-state index >= 15 is 0 Å². The van der Waals surface area contributed by atoms with Crippen LogP contribution in [0.5, 0.6) is 0 Å². The first-order chi connectivity index (χ1) is 11.0. The Balaban J connectivity index is 1.90. The predicted molar refractivity (Wildman–Crippen MR) is 91.1 cm³/mol. The van der Waals surface area contributed by atoms with Crippen LogP contribution in [0.25, 0.3) is 11.0 Å². The Bertz CT molecular complexity index is 953. The molecule has 1 N–H and O–H groups in total. The minimum atomic E-state index is -0.382. The van der Waals surface area contributed by atoms with Crippen molar-refractivity contribution >= 4 is 45.8 Å². The molecule has 7 heteroatoms. The lowest BCUT2D eigenvalue weighted by molar-refractivity contribution is -0.116. The number of carbonyl (C=O) groups is 1. The van der Waals surface area contributed by atoms with E-state index in [9.17, 15) is 9.59 Å². The van der Waals surface area contributed by atoms with Gasteiger partial charge in [0.15, 0.2) is 0 Å². The third kappa shape index (κ3) is 3.36. The molecule has 0 spiro atoms. The summed E-state index contributed by atoms with van der Waals surface area (Å²) in [4.78, 5) is 28.3. The molecule has 1 amide bonds. The predicted octanol–water partition coefficient (Wildman–Crippen LogP) is 3.34. The monoisotopic (exact) mass is 347 g/mol. The van der Waals surface area contributed by atoms with Crippen molar-refractivity contribution in [2.45, 2.75) is 6.54 Å². The molecule has 2 aromatic carbocycles. The van der Waals surface area contributed by atoms with E-state index in [2.05, 4.69) is 10.3 Å². The van der Waals surface area contributed by atoms with Gasteiger partial charge in [-0.2, -0.15) is 0 Å². The molecule has 3 aromatic rings. The van der Waals surface area contributed by atoms with Gasteiger partial charge in [0.25, 0.3) is 5.56 Å². The van der Waals surface area contributed by atoms with Crippen LogP contribution in [0.15, 0.2) is 53.5 Å². The van der Waals surface area contributed by atoms with E-state index < -0.39 is 0 Å². The fourth-order valence-electron chi connectivity index (χ4n) is 2.20. The lowest BCUT2D eigenvalue weighted by Gasteiger charge is -2.11. The van der Waals surface area contributed by atoms with Gasteiger partial charge in [-0.25, -0.2) is 4.98 Å². The largest absolute Gasteiger partial charge is 0.323 e. The van der Waals surface area contributed by atoms with E-state index in [0.717, 1.165) is 0 Å². The van der Waals surface area contributed by atoms with E-state index in [-0.39, 0.29) is 18.0 Å². The maximum absolute atomic E-state index is 12.2. The van der Waals surface area contributed by atoms with Gasteiger partial charge in [-0.3, -0.25) is 14.2 Å². The van der Waals surface area contributed by atoms with Crippen LogP contribution in [0.1, 0.15) is 0 Å². The molecule has 0 bridgehead atoms. The first kappa shape index (κ1) is 15.5. The van der Waals surface area contributed by atoms with Gasteiger partial charge < -0.3 is 5.32 Å². The summed E-state index contributed by atoms with van der Waals surface area (Å²) in [6, 6.07) is 11.9. The van der Waals surface area contributed by atoms with E-state index in [1.807, 2.05) is 6.07 Å². The third-order valence-corrected chi connectivity index (χ3v) is 3.82. The Hall–Kier alpha value is -2.37. The number of nitrogens with zero attached hydrogens (tertiary/aromatic N) is 2. The molecule has 3 rings (SSSR count). The molecule has 1 heterocycles. The summed E-state index contributed by atoms with van der Waals surface area (Å²) in [5.74, 6) is -0.382. The molecule has 0 saturated heterocycles. The van der Waals surface area contributed by atoms with Crippen molar-refractivity contribution in [2.24, 2.45) is 0 Å². The van der Waals surface area contributed by atoms with Gasteiger partial charge in [0.2, 0.25) is 5.91 Å². The van der Waals surface area contributed by atoms with E-state index in [1.165, 1.54) is 10.8 Å². The number of hydrogen-bond acceptors (Lipinski definition) is 3. The van der Waals surface area contributed by atoms with Crippen molar-refractivity contribution in [3.63, 3.8) is 0 Å². The number of halogens is 2. The highest BCUT2D eigenvalue weighted by Crippen LogP contribution is 2.25. The Kier molecular flexibility index (Phi) is 4.32. The zero-order valence-electron chi connectivity index (χ0n) is 11.8. The van der Waals surface area contributed by atoms with Gasteiger partial charge >= 0.3 is 0 Å². The lowest BCUT2D eigenvalue weighted by atomic mass is 10.3. The van der Waals surface area contributed by atoms with Crippen molar-refractivity contribution < 1.29 is 4.79 Å². The fourth-order valence-corrected chi connectivity index (χ4v) is 2.54. The maximum atomic E-state index is 12.2. The zero-order valence-corrected chi connectivity index (χ0v) is 13.3. The van der Waals surface area contributed by atoms with E-state index in [4.69, 9.17) is 23.2 Å². The van der Waals surface area contributed by atoms with Crippen LogP contribution in [0.3, 0.4) is 0 Å². The molecule has 0 saturated carbocycles. The number of carbonyl (C=O) groups excluding carboxylic acids is 1. The second-order valence-corrected chi connectivity index (χ2v) is 5.69. The molecule has 5 nitrogen and oxygen atoms in total. The highest BCUT2D eigenvalue weighted by molar-refractivity contribution is 6.35. The number of benzene rings is 2. The number of amides is 1. The SMILES string of the molecule is O=C(Cn1c(=O)cnc2ccccc21)Nc1cc(Cl)ccc1Cl. The van der Waals surface area contributed by atoms with Crippen molar-refractivity contribution in [3.05, 3.63) is 69.1 Å². The first-order valence-electron chi connectivity index (χ1n) is 6.74. The van der Waals surface area contributed by atoms with Crippen LogP contribution in [-0.4, -0.2) is 15.5 Å². The summed E-state index contributed by atoms with van der Waals surface area (Å²) < 4.78 is 1.36. The third-order valence-electron chi connectivity index (χ3n) is 3.26. The molecule has 0 aliphatic heterocycles. The number of fused-ring (bicyclic) bond motifs is 1. The molecule has 0 atom stereocenters.